The molecule has 114 valence electrons. The highest BCUT2D eigenvalue weighted by molar-refractivity contribution is 5.88. The first-order valence-electron chi connectivity index (χ1n) is 7.33. The first-order chi connectivity index (χ1) is 11.1. The van der Waals surface area contributed by atoms with Crippen LogP contribution in [-0.4, -0.2) is 11.0 Å². The molecule has 4 heteroatoms. The van der Waals surface area contributed by atoms with E-state index < -0.39 is 0 Å². The number of aromatic nitrogens is 2. The number of rotatable bonds is 3. The molecular formula is C19H17N2O2+. The van der Waals surface area contributed by atoms with Gasteiger partial charge >= 0.3 is 5.97 Å². The highest BCUT2D eigenvalue weighted by Crippen LogP contribution is 2.24. The monoisotopic (exact) mass is 305 g/mol. The number of hydrogen-bond acceptors (Lipinski definition) is 3. The Balaban J connectivity index is 1.97. The van der Waals surface area contributed by atoms with E-state index in [0.717, 1.165) is 16.6 Å². The Bertz CT molecular complexity index is 901. The maximum atomic E-state index is 11.2. The summed E-state index contributed by atoms with van der Waals surface area (Å²) in [6, 6.07) is 13.5. The van der Waals surface area contributed by atoms with E-state index >= 15 is 0 Å². The lowest BCUT2D eigenvalue weighted by Gasteiger charge is -2.05. The first-order valence-corrected chi connectivity index (χ1v) is 7.33. The molecule has 0 aliphatic heterocycles. The largest absolute Gasteiger partial charge is 0.424 e. The number of carbonyl (C=O) groups excluding carboxylic acids is 1. The SMILES string of the molecule is CC(=O)Oc1cccc2ccc(/C=C\c3ccc[n+](C)c3)nc12. The number of para-hydroxylation sites is 1. The van der Waals surface area contributed by atoms with Crippen molar-refractivity contribution >= 4 is 29.0 Å². The molecule has 0 N–H and O–H groups in total. The van der Waals surface area contributed by atoms with E-state index in [2.05, 4.69) is 4.98 Å². The number of pyridine rings is 2. The van der Waals surface area contributed by atoms with Gasteiger partial charge in [-0.25, -0.2) is 9.55 Å². The number of benzene rings is 1. The van der Waals surface area contributed by atoms with Crippen molar-refractivity contribution in [1.82, 2.24) is 4.98 Å². The fraction of sp³-hybridized carbons (Fsp3) is 0.105. The minimum absolute atomic E-state index is 0.350. The quantitative estimate of drug-likeness (QED) is 0.424. The second kappa shape index (κ2) is 6.40. The van der Waals surface area contributed by atoms with Crippen LogP contribution < -0.4 is 9.30 Å². The average molecular weight is 305 g/mol. The lowest BCUT2D eigenvalue weighted by molar-refractivity contribution is -0.671. The number of carbonyl (C=O) groups is 1. The molecule has 1 aromatic carbocycles. The van der Waals surface area contributed by atoms with E-state index in [-0.39, 0.29) is 5.97 Å². The van der Waals surface area contributed by atoms with Crippen molar-refractivity contribution in [3.8, 4) is 5.75 Å². The average Bonchev–Trinajstić information content (AvgIpc) is 2.53. The van der Waals surface area contributed by atoms with Crippen LogP contribution >= 0.6 is 0 Å². The zero-order chi connectivity index (χ0) is 16.2. The van der Waals surface area contributed by atoms with E-state index in [0.29, 0.717) is 11.3 Å². The molecule has 0 fully saturated rings. The molecular weight excluding hydrogens is 288 g/mol. The van der Waals surface area contributed by atoms with Gasteiger partial charge in [0.25, 0.3) is 0 Å². The van der Waals surface area contributed by atoms with E-state index in [1.54, 1.807) is 6.07 Å². The van der Waals surface area contributed by atoms with Gasteiger partial charge in [0, 0.05) is 23.9 Å². The van der Waals surface area contributed by atoms with Gasteiger partial charge in [0.15, 0.2) is 18.1 Å². The van der Waals surface area contributed by atoms with Gasteiger partial charge in [-0.2, -0.15) is 0 Å². The maximum absolute atomic E-state index is 11.2. The van der Waals surface area contributed by atoms with Crippen LogP contribution in [0.1, 0.15) is 18.2 Å². The van der Waals surface area contributed by atoms with Crippen LogP contribution in [0.25, 0.3) is 23.1 Å². The fourth-order valence-corrected chi connectivity index (χ4v) is 2.36. The lowest BCUT2D eigenvalue weighted by Crippen LogP contribution is -2.26. The minimum Gasteiger partial charge on any atom is -0.424 e. The number of esters is 1. The molecule has 3 rings (SSSR count). The molecule has 0 saturated heterocycles. The first kappa shape index (κ1) is 14.9. The third kappa shape index (κ3) is 3.61. The number of nitrogens with zero attached hydrogens (tertiary/aromatic N) is 2. The van der Waals surface area contributed by atoms with E-state index in [9.17, 15) is 4.79 Å². The van der Waals surface area contributed by atoms with Gasteiger partial charge in [-0.1, -0.05) is 18.2 Å². The maximum Gasteiger partial charge on any atom is 0.308 e. The molecule has 0 bridgehead atoms. The summed E-state index contributed by atoms with van der Waals surface area (Å²) in [6.45, 7) is 1.39. The second-order valence-corrected chi connectivity index (χ2v) is 5.29. The number of fused-ring (bicyclic) bond motifs is 1. The van der Waals surface area contributed by atoms with E-state index in [4.69, 9.17) is 4.74 Å². The third-order valence-corrected chi connectivity index (χ3v) is 3.37. The molecule has 0 atom stereocenters. The summed E-state index contributed by atoms with van der Waals surface area (Å²) in [5, 5.41) is 0.937. The number of aryl methyl sites for hydroxylation is 1. The number of hydrogen-bond donors (Lipinski definition) is 0. The Morgan fingerprint density at radius 1 is 1.13 bits per heavy atom. The second-order valence-electron chi connectivity index (χ2n) is 5.29. The van der Waals surface area contributed by atoms with Crippen LogP contribution in [0, 0.1) is 0 Å². The zero-order valence-electron chi connectivity index (χ0n) is 13.1. The van der Waals surface area contributed by atoms with Gasteiger partial charge in [-0.05, 0) is 30.4 Å². The molecule has 0 aliphatic carbocycles. The van der Waals surface area contributed by atoms with Gasteiger partial charge in [0.2, 0.25) is 0 Å². The molecule has 0 aliphatic rings. The molecule has 4 nitrogen and oxygen atoms in total. The van der Waals surface area contributed by atoms with Crippen molar-refractivity contribution in [3.05, 3.63) is 66.1 Å². The Labute approximate surface area is 134 Å². The standard InChI is InChI=1S/C19H17N2O2/c1-14(22)23-18-7-3-6-16-9-11-17(20-19(16)18)10-8-15-5-4-12-21(2)13-15/h3-13H,1-2H3/q+1/b10-8-. The van der Waals surface area contributed by atoms with Crippen LogP contribution in [-0.2, 0) is 11.8 Å². The van der Waals surface area contributed by atoms with E-state index in [1.165, 1.54) is 6.92 Å². The van der Waals surface area contributed by atoms with Crippen molar-refractivity contribution in [2.75, 3.05) is 0 Å². The highest BCUT2D eigenvalue weighted by Gasteiger charge is 2.06. The molecule has 3 aromatic rings. The predicted molar refractivity (Wildman–Crippen MR) is 89.6 cm³/mol. The highest BCUT2D eigenvalue weighted by atomic mass is 16.5. The Kier molecular flexibility index (Phi) is 4.15. The normalized spacial score (nSPS) is 11.0. The number of ether oxygens (including phenoxy) is 1. The van der Waals surface area contributed by atoms with Crippen molar-refractivity contribution in [2.45, 2.75) is 6.92 Å². The summed E-state index contributed by atoms with van der Waals surface area (Å²) >= 11 is 0. The van der Waals surface area contributed by atoms with Crippen LogP contribution in [0.2, 0.25) is 0 Å². The molecule has 23 heavy (non-hydrogen) atoms. The van der Waals surface area contributed by atoms with Gasteiger partial charge < -0.3 is 4.74 Å². The molecule has 2 aromatic heterocycles. The fourth-order valence-electron chi connectivity index (χ4n) is 2.36. The van der Waals surface area contributed by atoms with Gasteiger partial charge in [-0.15, -0.1) is 0 Å². The molecule has 0 spiro atoms. The summed E-state index contributed by atoms with van der Waals surface area (Å²) < 4.78 is 7.22. The van der Waals surface area contributed by atoms with E-state index in [1.807, 2.05) is 72.6 Å². The summed E-state index contributed by atoms with van der Waals surface area (Å²) in [5.74, 6) is 0.133. The molecule has 0 saturated carbocycles. The summed E-state index contributed by atoms with van der Waals surface area (Å²) in [6.07, 6.45) is 7.96. The van der Waals surface area contributed by atoms with Gasteiger partial charge in [0.1, 0.15) is 12.6 Å². The van der Waals surface area contributed by atoms with Crippen LogP contribution in [0.4, 0.5) is 0 Å². The molecule has 2 heterocycles. The smallest absolute Gasteiger partial charge is 0.308 e. The summed E-state index contributed by atoms with van der Waals surface area (Å²) in [5.41, 5.74) is 2.58. The third-order valence-electron chi connectivity index (χ3n) is 3.37. The summed E-state index contributed by atoms with van der Waals surface area (Å²) in [4.78, 5) is 15.8. The van der Waals surface area contributed by atoms with Crippen LogP contribution in [0.15, 0.2) is 54.9 Å². The Morgan fingerprint density at radius 2 is 2.00 bits per heavy atom. The molecule has 0 amide bonds. The zero-order valence-corrected chi connectivity index (χ0v) is 13.1. The van der Waals surface area contributed by atoms with Crippen molar-refractivity contribution in [2.24, 2.45) is 7.05 Å². The topological polar surface area (TPSA) is 43.1 Å². The van der Waals surface area contributed by atoms with Crippen molar-refractivity contribution in [3.63, 3.8) is 0 Å². The van der Waals surface area contributed by atoms with Crippen LogP contribution in [0.3, 0.4) is 0 Å². The Hall–Kier alpha value is -3.01. The molecule has 0 radical (unpaired) electrons. The van der Waals surface area contributed by atoms with Crippen molar-refractivity contribution < 1.29 is 14.1 Å². The molecule has 0 unspecified atom stereocenters. The Morgan fingerprint density at radius 3 is 2.78 bits per heavy atom. The predicted octanol–water partition coefficient (Wildman–Crippen LogP) is 3.16. The van der Waals surface area contributed by atoms with Gasteiger partial charge in [0.05, 0.1) is 5.69 Å². The van der Waals surface area contributed by atoms with Crippen molar-refractivity contribution in [1.29, 1.82) is 0 Å². The lowest BCUT2D eigenvalue weighted by atomic mass is 10.1. The minimum atomic E-state index is -0.350. The van der Waals surface area contributed by atoms with Crippen LogP contribution in [0.5, 0.6) is 5.75 Å². The summed E-state index contributed by atoms with van der Waals surface area (Å²) in [7, 11) is 1.98. The van der Waals surface area contributed by atoms with Gasteiger partial charge in [-0.3, -0.25) is 4.79 Å².